The lowest BCUT2D eigenvalue weighted by molar-refractivity contribution is -0.143. The summed E-state index contributed by atoms with van der Waals surface area (Å²) in [5.41, 5.74) is 1.07. The minimum Gasteiger partial charge on any atom is -0.481 e. The number of hydrogen-bond donors (Lipinski definition) is 1. The molecule has 1 aromatic rings. The van der Waals surface area contributed by atoms with Crippen molar-refractivity contribution in [2.24, 2.45) is 5.92 Å². The molecule has 0 amide bonds. The molecule has 1 aromatic heterocycles. The van der Waals surface area contributed by atoms with Gasteiger partial charge in [-0.15, -0.1) is 11.3 Å². The predicted molar refractivity (Wildman–Crippen MR) is 79.0 cm³/mol. The van der Waals surface area contributed by atoms with Crippen molar-refractivity contribution in [1.82, 2.24) is 4.98 Å². The van der Waals surface area contributed by atoms with E-state index in [2.05, 4.69) is 31.1 Å². The summed E-state index contributed by atoms with van der Waals surface area (Å²) in [5.74, 6) is -0.848. The normalized spacial score (nSPS) is 23.8. The van der Waals surface area contributed by atoms with Crippen LogP contribution >= 0.6 is 11.3 Å². The maximum atomic E-state index is 10.9. The van der Waals surface area contributed by atoms with E-state index in [1.54, 1.807) is 11.3 Å². The molecule has 1 saturated carbocycles. The van der Waals surface area contributed by atoms with Crippen molar-refractivity contribution in [2.75, 3.05) is 0 Å². The van der Waals surface area contributed by atoms with Crippen LogP contribution in [0, 0.1) is 5.92 Å². The van der Waals surface area contributed by atoms with Gasteiger partial charge in [-0.2, -0.15) is 0 Å². The number of nitrogens with zero attached hydrogens (tertiary/aromatic N) is 1. The summed E-state index contributed by atoms with van der Waals surface area (Å²) in [4.78, 5) is 15.5. The van der Waals surface area contributed by atoms with Crippen molar-refractivity contribution >= 4 is 17.3 Å². The smallest absolute Gasteiger partial charge is 0.306 e. The average Bonchev–Trinajstić information content (AvgIpc) is 2.85. The number of hydrogen-bond acceptors (Lipinski definition) is 4. The van der Waals surface area contributed by atoms with Gasteiger partial charge in [-0.1, -0.05) is 20.8 Å². The highest BCUT2D eigenvalue weighted by molar-refractivity contribution is 7.09. The van der Waals surface area contributed by atoms with Crippen LogP contribution in [-0.2, 0) is 21.6 Å². The highest BCUT2D eigenvalue weighted by Gasteiger charge is 2.26. The van der Waals surface area contributed by atoms with Gasteiger partial charge < -0.3 is 9.84 Å². The van der Waals surface area contributed by atoms with Crippen LogP contribution in [-0.4, -0.2) is 22.2 Å². The van der Waals surface area contributed by atoms with Crippen LogP contribution in [0.2, 0.25) is 0 Å². The summed E-state index contributed by atoms with van der Waals surface area (Å²) in [7, 11) is 0. The maximum Gasteiger partial charge on any atom is 0.306 e. The monoisotopic (exact) mass is 297 g/mol. The van der Waals surface area contributed by atoms with Crippen LogP contribution in [0.25, 0.3) is 0 Å². The molecule has 4 nitrogen and oxygen atoms in total. The lowest BCUT2D eigenvalue weighted by atomic mass is 9.87. The molecule has 2 rings (SSSR count). The van der Waals surface area contributed by atoms with Gasteiger partial charge in [0.1, 0.15) is 0 Å². The van der Waals surface area contributed by atoms with Crippen LogP contribution in [0.5, 0.6) is 0 Å². The van der Waals surface area contributed by atoms with Gasteiger partial charge in [0.05, 0.1) is 29.3 Å². The zero-order valence-electron chi connectivity index (χ0n) is 12.4. The van der Waals surface area contributed by atoms with Gasteiger partial charge in [0.15, 0.2) is 0 Å². The van der Waals surface area contributed by atoms with E-state index in [9.17, 15) is 4.79 Å². The minimum absolute atomic E-state index is 0.0858. The maximum absolute atomic E-state index is 10.9. The number of carbonyl (C=O) groups is 1. The molecule has 1 aliphatic carbocycles. The van der Waals surface area contributed by atoms with Gasteiger partial charge >= 0.3 is 5.97 Å². The highest BCUT2D eigenvalue weighted by atomic mass is 32.1. The fourth-order valence-corrected chi connectivity index (χ4v) is 3.29. The average molecular weight is 297 g/mol. The topological polar surface area (TPSA) is 59.4 Å². The Hall–Kier alpha value is -0.940. The molecule has 1 heterocycles. The van der Waals surface area contributed by atoms with E-state index in [1.807, 2.05) is 0 Å². The van der Waals surface area contributed by atoms with Crippen LogP contribution < -0.4 is 0 Å². The quantitative estimate of drug-likeness (QED) is 0.922. The zero-order valence-corrected chi connectivity index (χ0v) is 13.2. The van der Waals surface area contributed by atoms with Crippen LogP contribution in [0.3, 0.4) is 0 Å². The molecule has 0 spiro atoms. The van der Waals surface area contributed by atoms with Crippen LogP contribution in [0.1, 0.15) is 57.2 Å². The molecule has 5 heteroatoms. The lowest BCUT2D eigenvalue weighted by Crippen LogP contribution is -2.26. The Labute approximate surface area is 124 Å². The third-order valence-corrected chi connectivity index (χ3v) is 5.00. The van der Waals surface area contributed by atoms with Crippen molar-refractivity contribution < 1.29 is 14.6 Å². The first-order valence-electron chi connectivity index (χ1n) is 7.15. The van der Waals surface area contributed by atoms with E-state index < -0.39 is 5.97 Å². The molecule has 1 fully saturated rings. The summed E-state index contributed by atoms with van der Waals surface area (Å²) in [6.45, 7) is 7.01. The summed E-state index contributed by atoms with van der Waals surface area (Å²) in [5, 5.41) is 12.2. The third-order valence-electron chi connectivity index (χ3n) is 3.68. The highest BCUT2D eigenvalue weighted by Crippen LogP contribution is 2.28. The Balaban J connectivity index is 1.79. The van der Waals surface area contributed by atoms with Gasteiger partial charge in [-0.05, 0) is 25.7 Å². The van der Waals surface area contributed by atoms with Gasteiger partial charge in [-0.3, -0.25) is 4.79 Å². The van der Waals surface area contributed by atoms with Gasteiger partial charge in [0.25, 0.3) is 0 Å². The van der Waals surface area contributed by atoms with Crippen molar-refractivity contribution in [2.45, 2.75) is 64.6 Å². The Kier molecular flexibility index (Phi) is 4.81. The number of aromatic nitrogens is 1. The van der Waals surface area contributed by atoms with Gasteiger partial charge in [0.2, 0.25) is 0 Å². The molecular formula is C15H23NO3S. The summed E-state index contributed by atoms with van der Waals surface area (Å²) >= 11 is 1.68. The van der Waals surface area contributed by atoms with E-state index in [4.69, 9.17) is 9.84 Å². The molecule has 0 saturated heterocycles. The second-order valence-corrected chi connectivity index (χ2v) is 7.37. The third kappa shape index (κ3) is 4.03. The SMILES string of the molecule is CC(C)(C)c1nc(COC2CCC(C(=O)O)CC2)cs1. The molecule has 1 aliphatic rings. The second-order valence-electron chi connectivity index (χ2n) is 6.52. The molecule has 0 bridgehead atoms. The van der Waals surface area contributed by atoms with E-state index in [0.29, 0.717) is 6.61 Å². The van der Waals surface area contributed by atoms with Gasteiger partial charge in [0, 0.05) is 10.8 Å². The molecule has 0 atom stereocenters. The first-order chi connectivity index (χ1) is 9.36. The molecule has 0 aromatic carbocycles. The standard InChI is InChI=1S/C15H23NO3S/c1-15(2,3)14-16-11(9-20-14)8-19-12-6-4-10(5-7-12)13(17)18/h9-10,12H,4-8H2,1-3H3,(H,17,18). The van der Waals surface area contributed by atoms with E-state index >= 15 is 0 Å². The van der Waals surface area contributed by atoms with Crippen LogP contribution in [0.15, 0.2) is 5.38 Å². The van der Waals surface area contributed by atoms with Crippen molar-refractivity contribution in [1.29, 1.82) is 0 Å². The Bertz CT molecular complexity index is 456. The largest absolute Gasteiger partial charge is 0.481 e. The molecule has 112 valence electrons. The zero-order chi connectivity index (χ0) is 14.8. The Morgan fingerprint density at radius 1 is 1.40 bits per heavy atom. The van der Waals surface area contributed by atoms with Crippen molar-refractivity contribution in [3.05, 3.63) is 16.1 Å². The number of carboxylic acid groups (broad SMARTS) is 1. The molecule has 0 aliphatic heterocycles. The molecule has 0 unspecified atom stereocenters. The lowest BCUT2D eigenvalue weighted by Gasteiger charge is -2.25. The van der Waals surface area contributed by atoms with Gasteiger partial charge in [-0.25, -0.2) is 4.98 Å². The Morgan fingerprint density at radius 3 is 2.55 bits per heavy atom. The summed E-state index contributed by atoms with van der Waals surface area (Å²) < 4.78 is 5.87. The van der Waals surface area contributed by atoms with E-state index in [-0.39, 0.29) is 17.4 Å². The van der Waals surface area contributed by atoms with Crippen LogP contribution in [0.4, 0.5) is 0 Å². The van der Waals surface area contributed by atoms with E-state index in [1.165, 1.54) is 0 Å². The number of carboxylic acids is 1. The molecule has 0 radical (unpaired) electrons. The van der Waals surface area contributed by atoms with E-state index in [0.717, 1.165) is 36.4 Å². The summed E-state index contributed by atoms with van der Waals surface area (Å²) in [6.07, 6.45) is 3.32. The summed E-state index contributed by atoms with van der Waals surface area (Å²) in [6, 6.07) is 0. The second kappa shape index (κ2) is 6.22. The number of aliphatic carboxylic acids is 1. The molecule has 20 heavy (non-hydrogen) atoms. The van der Waals surface area contributed by atoms with Crippen molar-refractivity contribution in [3.63, 3.8) is 0 Å². The first-order valence-corrected chi connectivity index (χ1v) is 8.03. The number of rotatable bonds is 4. The molecular weight excluding hydrogens is 274 g/mol. The predicted octanol–water partition coefficient (Wildman–Crippen LogP) is 3.60. The number of ether oxygens (including phenoxy) is 1. The minimum atomic E-state index is -0.669. The molecule has 1 N–H and O–H groups in total. The fourth-order valence-electron chi connectivity index (χ4n) is 2.40. The Morgan fingerprint density at radius 2 is 2.05 bits per heavy atom. The first kappa shape index (κ1) is 15.4. The van der Waals surface area contributed by atoms with Crippen molar-refractivity contribution in [3.8, 4) is 0 Å². The number of thiazole rings is 1. The fraction of sp³-hybridized carbons (Fsp3) is 0.733.